The maximum atomic E-state index is 12.2. The lowest BCUT2D eigenvalue weighted by Gasteiger charge is -2.20. The lowest BCUT2D eigenvalue weighted by Crippen LogP contribution is -2.45. The molecule has 1 aromatic heterocycles. The van der Waals surface area contributed by atoms with Crippen molar-refractivity contribution in [3.63, 3.8) is 0 Å². The zero-order chi connectivity index (χ0) is 18.4. The smallest absolute Gasteiger partial charge is 0.244 e. The van der Waals surface area contributed by atoms with Gasteiger partial charge < -0.3 is 20.4 Å². The molecular formula is C18H28ClIN6O. The van der Waals surface area contributed by atoms with Gasteiger partial charge in [0, 0.05) is 45.0 Å². The third-order valence-electron chi connectivity index (χ3n) is 4.74. The van der Waals surface area contributed by atoms with Crippen LogP contribution in [0.1, 0.15) is 26.2 Å². The number of aromatic nitrogens is 1. The van der Waals surface area contributed by atoms with E-state index in [0.717, 1.165) is 57.8 Å². The minimum Gasteiger partial charge on any atom is -0.357 e. The Morgan fingerprint density at radius 3 is 2.85 bits per heavy atom. The molecule has 0 aromatic carbocycles. The molecule has 2 aliphatic rings. The van der Waals surface area contributed by atoms with Crippen molar-refractivity contribution in [2.45, 2.75) is 32.2 Å². The summed E-state index contributed by atoms with van der Waals surface area (Å²) in [5, 5.41) is 7.34. The molecule has 2 N–H and O–H groups in total. The molecule has 2 aliphatic heterocycles. The molecule has 7 nitrogen and oxygen atoms in total. The van der Waals surface area contributed by atoms with Crippen LogP contribution in [0.15, 0.2) is 23.3 Å². The van der Waals surface area contributed by atoms with Gasteiger partial charge in [-0.1, -0.05) is 11.6 Å². The van der Waals surface area contributed by atoms with Crippen molar-refractivity contribution >= 4 is 53.3 Å². The molecule has 3 rings (SSSR count). The first-order valence-corrected chi connectivity index (χ1v) is 9.73. The summed E-state index contributed by atoms with van der Waals surface area (Å²) in [6.07, 6.45) is 4.93. The van der Waals surface area contributed by atoms with Crippen LogP contribution in [0, 0.1) is 0 Å². The lowest BCUT2D eigenvalue weighted by atomic mass is 10.3. The third kappa shape index (κ3) is 6.10. The highest BCUT2D eigenvalue weighted by Gasteiger charge is 2.25. The molecule has 9 heteroatoms. The predicted molar refractivity (Wildman–Crippen MR) is 120 cm³/mol. The van der Waals surface area contributed by atoms with E-state index in [0.29, 0.717) is 11.0 Å². The molecule has 1 aromatic rings. The minimum atomic E-state index is 0. The molecule has 1 amide bonds. The Kier molecular flexibility index (Phi) is 8.88. The van der Waals surface area contributed by atoms with E-state index < -0.39 is 0 Å². The Balaban J connectivity index is 0.00000261. The van der Waals surface area contributed by atoms with Gasteiger partial charge in [-0.25, -0.2) is 9.98 Å². The molecule has 0 bridgehead atoms. The highest BCUT2D eigenvalue weighted by molar-refractivity contribution is 14.0. The normalized spacial score (nSPS) is 19.8. The highest BCUT2D eigenvalue weighted by Crippen LogP contribution is 2.25. The second kappa shape index (κ2) is 10.9. The third-order valence-corrected chi connectivity index (χ3v) is 5.04. The van der Waals surface area contributed by atoms with E-state index in [4.69, 9.17) is 11.6 Å². The fourth-order valence-electron chi connectivity index (χ4n) is 3.41. The van der Waals surface area contributed by atoms with Crippen LogP contribution in [0.2, 0.25) is 5.02 Å². The molecule has 1 unspecified atom stereocenters. The Morgan fingerprint density at radius 2 is 2.15 bits per heavy atom. The van der Waals surface area contributed by atoms with E-state index in [1.54, 1.807) is 6.20 Å². The molecule has 0 aliphatic carbocycles. The number of pyridine rings is 1. The number of likely N-dealkylation sites (tertiary alicyclic amines) is 1. The SMILES string of the molecule is CCNC(=NCC(=O)N1CCCC1)NC1CCN(c2ncccc2Cl)C1.I. The first-order valence-electron chi connectivity index (χ1n) is 9.35. The van der Waals surface area contributed by atoms with Gasteiger partial charge in [0.1, 0.15) is 12.4 Å². The van der Waals surface area contributed by atoms with Crippen LogP contribution in [0.25, 0.3) is 0 Å². The van der Waals surface area contributed by atoms with E-state index in [1.165, 1.54) is 0 Å². The summed E-state index contributed by atoms with van der Waals surface area (Å²) in [6, 6.07) is 3.94. The number of nitrogens with one attached hydrogen (secondary N) is 2. The van der Waals surface area contributed by atoms with Crippen LogP contribution in [0.4, 0.5) is 5.82 Å². The number of halogens is 2. The molecular weight excluding hydrogens is 479 g/mol. The standard InChI is InChI=1S/C18H27ClN6O.HI/c1-2-20-18(22-12-16(26)24-9-3-4-10-24)23-14-7-11-25(13-14)17-15(19)6-5-8-21-17;/h5-6,8,14H,2-4,7,9-13H2,1H3,(H2,20,22,23);1H. The van der Waals surface area contributed by atoms with Crippen molar-refractivity contribution < 1.29 is 4.79 Å². The Bertz CT molecular complexity index is 652. The number of carbonyl (C=O) groups is 1. The van der Waals surface area contributed by atoms with Crippen LogP contribution in [0.3, 0.4) is 0 Å². The highest BCUT2D eigenvalue weighted by atomic mass is 127. The summed E-state index contributed by atoms with van der Waals surface area (Å²) >= 11 is 6.25. The number of amides is 1. The van der Waals surface area contributed by atoms with Crippen LogP contribution < -0.4 is 15.5 Å². The number of nitrogens with zero attached hydrogens (tertiary/aromatic N) is 4. The minimum absolute atomic E-state index is 0. The molecule has 0 saturated carbocycles. The summed E-state index contributed by atoms with van der Waals surface area (Å²) < 4.78 is 0. The van der Waals surface area contributed by atoms with Crippen LogP contribution in [-0.2, 0) is 4.79 Å². The van der Waals surface area contributed by atoms with Gasteiger partial charge in [0.2, 0.25) is 5.91 Å². The van der Waals surface area contributed by atoms with Crippen molar-refractivity contribution in [3.05, 3.63) is 23.4 Å². The largest absolute Gasteiger partial charge is 0.357 e. The Morgan fingerprint density at radius 1 is 1.37 bits per heavy atom. The summed E-state index contributed by atoms with van der Waals surface area (Å²) in [7, 11) is 0. The van der Waals surface area contributed by atoms with Gasteiger partial charge in [0.05, 0.1) is 5.02 Å². The summed E-state index contributed by atoms with van der Waals surface area (Å²) in [5.74, 6) is 1.62. The topological polar surface area (TPSA) is 72.9 Å². The Hall–Kier alpha value is -1.29. The average molecular weight is 507 g/mol. The van der Waals surface area contributed by atoms with Gasteiger partial charge in [-0.05, 0) is 38.3 Å². The van der Waals surface area contributed by atoms with E-state index in [1.807, 2.05) is 24.0 Å². The second-order valence-electron chi connectivity index (χ2n) is 6.67. The lowest BCUT2D eigenvalue weighted by molar-refractivity contribution is -0.128. The summed E-state index contributed by atoms with van der Waals surface area (Å²) in [4.78, 5) is 25.1. The molecule has 2 saturated heterocycles. The molecule has 0 radical (unpaired) electrons. The maximum Gasteiger partial charge on any atom is 0.244 e. The molecule has 3 heterocycles. The van der Waals surface area contributed by atoms with Gasteiger partial charge in [0.15, 0.2) is 5.96 Å². The zero-order valence-corrected chi connectivity index (χ0v) is 18.7. The molecule has 27 heavy (non-hydrogen) atoms. The van der Waals surface area contributed by atoms with Crippen LogP contribution in [-0.4, -0.2) is 67.1 Å². The molecule has 2 fully saturated rings. The van der Waals surface area contributed by atoms with Crippen molar-refractivity contribution in [1.82, 2.24) is 20.5 Å². The van der Waals surface area contributed by atoms with Crippen molar-refractivity contribution in [3.8, 4) is 0 Å². The van der Waals surface area contributed by atoms with Crippen molar-refractivity contribution in [2.75, 3.05) is 44.2 Å². The average Bonchev–Trinajstić information content (AvgIpc) is 3.32. The molecule has 1 atom stereocenters. The zero-order valence-electron chi connectivity index (χ0n) is 15.7. The van der Waals surface area contributed by atoms with Gasteiger partial charge >= 0.3 is 0 Å². The summed E-state index contributed by atoms with van der Waals surface area (Å²) in [6.45, 7) is 6.39. The van der Waals surface area contributed by atoms with Crippen molar-refractivity contribution in [2.24, 2.45) is 4.99 Å². The number of hydrogen-bond acceptors (Lipinski definition) is 4. The number of anilines is 1. The number of hydrogen-bond donors (Lipinski definition) is 2. The van der Waals surface area contributed by atoms with Gasteiger partial charge in [-0.3, -0.25) is 4.79 Å². The number of carbonyl (C=O) groups excluding carboxylic acids is 1. The summed E-state index contributed by atoms with van der Waals surface area (Å²) in [5.41, 5.74) is 0. The quantitative estimate of drug-likeness (QED) is 0.364. The van der Waals surface area contributed by atoms with Gasteiger partial charge in [0.25, 0.3) is 0 Å². The van der Waals surface area contributed by atoms with E-state index in [2.05, 4.69) is 25.5 Å². The monoisotopic (exact) mass is 506 g/mol. The number of rotatable bonds is 5. The first-order chi connectivity index (χ1) is 12.7. The number of aliphatic imine (C=N–C) groups is 1. The fraction of sp³-hybridized carbons (Fsp3) is 0.611. The van der Waals surface area contributed by atoms with Gasteiger partial charge in [-0.2, -0.15) is 0 Å². The van der Waals surface area contributed by atoms with E-state index in [9.17, 15) is 4.79 Å². The van der Waals surface area contributed by atoms with Crippen LogP contribution >= 0.6 is 35.6 Å². The van der Waals surface area contributed by atoms with Gasteiger partial charge in [-0.15, -0.1) is 24.0 Å². The predicted octanol–water partition coefficient (Wildman–Crippen LogP) is 2.11. The molecule has 150 valence electrons. The fourth-order valence-corrected chi connectivity index (χ4v) is 3.65. The Labute approximate surface area is 183 Å². The second-order valence-corrected chi connectivity index (χ2v) is 7.08. The first kappa shape index (κ1) is 22.0. The number of guanidine groups is 1. The van der Waals surface area contributed by atoms with E-state index >= 15 is 0 Å². The van der Waals surface area contributed by atoms with Crippen molar-refractivity contribution in [1.29, 1.82) is 0 Å². The molecule has 0 spiro atoms. The maximum absolute atomic E-state index is 12.2. The van der Waals surface area contributed by atoms with E-state index in [-0.39, 0.29) is 42.5 Å². The van der Waals surface area contributed by atoms with Crippen LogP contribution in [0.5, 0.6) is 0 Å².